The maximum Gasteiger partial charge on any atom is 0.411 e. The minimum atomic E-state index is -1.04. The summed E-state index contributed by atoms with van der Waals surface area (Å²) in [4.78, 5) is 56.3. The van der Waals surface area contributed by atoms with Crippen LogP contribution in [0.25, 0.3) is 0 Å². The van der Waals surface area contributed by atoms with E-state index in [1.807, 2.05) is 30.3 Å². The van der Waals surface area contributed by atoms with E-state index in [0.29, 0.717) is 45.3 Å². The molecule has 2 saturated heterocycles. The average molecular weight is 518 g/mol. The third-order valence-electron chi connectivity index (χ3n) is 6.84. The molecule has 0 bridgehead atoms. The van der Waals surface area contributed by atoms with Crippen molar-refractivity contribution in [1.82, 2.24) is 14.7 Å². The second-order valence-corrected chi connectivity index (χ2v) is 10.6. The largest absolute Gasteiger partial charge is 0.467 e. The topological polar surface area (TPSA) is 106 Å². The molecule has 2 heterocycles. The van der Waals surface area contributed by atoms with Gasteiger partial charge in [-0.15, -0.1) is 0 Å². The van der Waals surface area contributed by atoms with E-state index in [1.54, 1.807) is 37.6 Å². The van der Waals surface area contributed by atoms with Crippen molar-refractivity contribution < 1.29 is 33.4 Å². The number of benzene rings is 1. The minimum Gasteiger partial charge on any atom is -0.467 e. The monoisotopic (exact) mass is 517 g/mol. The number of piperidine rings is 2. The smallest absolute Gasteiger partial charge is 0.411 e. The van der Waals surface area contributed by atoms with Gasteiger partial charge < -0.3 is 24.0 Å². The van der Waals surface area contributed by atoms with Crippen molar-refractivity contribution in [3.8, 4) is 0 Å². The average Bonchev–Trinajstić information content (AvgIpc) is 2.89. The maximum atomic E-state index is 13.6. The Morgan fingerprint density at radius 1 is 0.973 bits per heavy atom. The van der Waals surface area contributed by atoms with E-state index in [2.05, 4.69) is 0 Å². The van der Waals surface area contributed by atoms with Gasteiger partial charge in [-0.25, -0.2) is 14.4 Å². The Morgan fingerprint density at radius 2 is 1.62 bits per heavy atom. The first-order valence-electron chi connectivity index (χ1n) is 12.8. The molecule has 0 aromatic heterocycles. The fourth-order valence-electron chi connectivity index (χ4n) is 4.88. The number of amides is 3. The van der Waals surface area contributed by atoms with E-state index in [0.717, 1.165) is 5.56 Å². The van der Waals surface area contributed by atoms with Gasteiger partial charge in [0.05, 0.1) is 13.0 Å². The zero-order chi connectivity index (χ0) is 27.2. The van der Waals surface area contributed by atoms with Crippen molar-refractivity contribution >= 4 is 24.1 Å². The molecule has 2 aliphatic heterocycles. The molecule has 0 spiro atoms. The summed E-state index contributed by atoms with van der Waals surface area (Å²) >= 11 is 0. The Hall–Kier alpha value is -3.30. The molecular formula is C27H39N3O7. The molecule has 204 valence electrons. The van der Waals surface area contributed by atoms with Crippen LogP contribution in [0.15, 0.2) is 30.3 Å². The van der Waals surface area contributed by atoms with Gasteiger partial charge in [-0.3, -0.25) is 9.69 Å². The molecule has 0 radical (unpaired) electrons. The van der Waals surface area contributed by atoms with Crippen LogP contribution in [0.1, 0.15) is 52.0 Å². The number of hydrogen-bond acceptors (Lipinski definition) is 7. The van der Waals surface area contributed by atoms with Gasteiger partial charge in [-0.2, -0.15) is 0 Å². The minimum absolute atomic E-state index is 0.0964. The first-order valence-corrected chi connectivity index (χ1v) is 12.8. The fourth-order valence-corrected chi connectivity index (χ4v) is 4.88. The number of carbonyl (C=O) groups is 4. The molecule has 10 nitrogen and oxygen atoms in total. The van der Waals surface area contributed by atoms with Gasteiger partial charge in [0.2, 0.25) is 5.91 Å². The van der Waals surface area contributed by atoms with E-state index >= 15 is 0 Å². The predicted molar refractivity (Wildman–Crippen MR) is 135 cm³/mol. The number of nitrogens with zero attached hydrogens (tertiary/aromatic N) is 3. The van der Waals surface area contributed by atoms with Crippen LogP contribution in [-0.2, 0) is 30.4 Å². The lowest BCUT2D eigenvalue weighted by atomic mass is 9.87. The second kappa shape index (κ2) is 12.3. The standard InChI is InChI=1S/C27H39N3O7/c1-27(2,3)37-26(34)30-15-9-12-21(22(30)24(32)35-5)23(31)28(4)20-13-16-29(17-14-20)25(33)36-18-19-10-7-6-8-11-19/h6-8,10-11,20-22H,9,12-18H2,1-5H3/t21-,22+/m0/s1. The van der Waals surface area contributed by atoms with E-state index in [9.17, 15) is 19.2 Å². The predicted octanol–water partition coefficient (Wildman–Crippen LogP) is 3.43. The van der Waals surface area contributed by atoms with Crippen molar-refractivity contribution in [1.29, 1.82) is 0 Å². The van der Waals surface area contributed by atoms with Crippen LogP contribution >= 0.6 is 0 Å². The molecule has 10 heteroatoms. The zero-order valence-corrected chi connectivity index (χ0v) is 22.5. The Balaban J connectivity index is 1.60. The van der Waals surface area contributed by atoms with E-state index in [-0.39, 0.29) is 24.6 Å². The fraction of sp³-hybridized carbons (Fsp3) is 0.630. The molecule has 2 fully saturated rings. The summed E-state index contributed by atoms with van der Waals surface area (Å²) in [6.07, 6.45) is 1.21. The number of hydrogen-bond donors (Lipinski definition) is 0. The number of likely N-dealkylation sites (tertiary alicyclic amines) is 2. The summed E-state index contributed by atoms with van der Waals surface area (Å²) in [5.41, 5.74) is 0.186. The zero-order valence-electron chi connectivity index (χ0n) is 22.5. The highest BCUT2D eigenvalue weighted by molar-refractivity contribution is 5.90. The lowest BCUT2D eigenvalue weighted by Crippen LogP contribution is -2.59. The van der Waals surface area contributed by atoms with E-state index in [1.165, 1.54) is 12.0 Å². The molecule has 2 aliphatic rings. The number of rotatable bonds is 5. The van der Waals surface area contributed by atoms with E-state index in [4.69, 9.17) is 14.2 Å². The third kappa shape index (κ3) is 7.36. The van der Waals surface area contributed by atoms with Gasteiger partial charge in [-0.1, -0.05) is 30.3 Å². The van der Waals surface area contributed by atoms with Crippen molar-refractivity contribution in [2.24, 2.45) is 5.92 Å². The van der Waals surface area contributed by atoms with Crippen molar-refractivity contribution in [2.75, 3.05) is 33.8 Å². The summed E-state index contributed by atoms with van der Waals surface area (Å²) in [7, 11) is 2.97. The van der Waals surface area contributed by atoms with Gasteiger partial charge >= 0.3 is 18.2 Å². The highest BCUT2D eigenvalue weighted by Gasteiger charge is 2.46. The Labute approximate surface area is 218 Å². The quantitative estimate of drug-likeness (QED) is 0.435. The SMILES string of the molecule is COC(=O)[C@H]1[C@@H](C(=O)N(C)C2CCN(C(=O)OCc3ccccc3)CC2)CCCN1C(=O)OC(C)(C)C. The summed E-state index contributed by atoms with van der Waals surface area (Å²) in [5, 5.41) is 0. The number of ether oxygens (including phenoxy) is 3. The molecular weight excluding hydrogens is 478 g/mol. The summed E-state index contributed by atoms with van der Waals surface area (Å²) < 4.78 is 15.9. The van der Waals surface area contributed by atoms with Gasteiger partial charge in [0.25, 0.3) is 0 Å². The van der Waals surface area contributed by atoms with Crippen LogP contribution in [-0.4, -0.2) is 90.2 Å². The first kappa shape index (κ1) is 28.3. The van der Waals surface area contributed by atoms with Gasteiger partial charge in [-0.05, 0) is 52.0 Å². The number of carbonyl (C=O) groups excluding carboxylic acids is 4. The maximum absolute atomic E-state index is 13.6. The molecule has 0 unspecified atom stereocenters. The highest BCUT2D eigenvalue weighted by Crippen LogP contribution is 2.30. The molecule has 0 N–H and O–H groups in total. The molecule has 1 aromatic carbocycles. The lowest BCUT2D eigenvalue weighted by Gasteiger charge is -2.42. The van der Waals surface area contributed by atoms with Gasteiger partial charge in [0.1, 0.15) is 18.2 Å². The number of esters is 1. The Morgan fingerprint density at radius 3 is 2.22 bits per heavy atom. The van der Waals surface area contributed by atoms with Crippen LogP contribution in [0, 0.1) is 5.92 Å². The third-order valence-corrected chi connectivity index (χ3v) is 6.84. The summed E-state index contributed by atoms with van der Waals surface area (Å²) in [6.45, 7) is 6.71. The lowest BCUT2D eigenvalue weighted by molar-refractivity contribution is -0.157. The van der Waals surface area contributed by atoms with Crippen LogP contribution in [0.2, 0.25) is 0 Å². The molecule has 3 amide bonds. The van der Waals surface area contributed by atoms with Crippen LogP contribution in [0.5, 0.6) is 0 Å². The van der Waals surface area contributed by atoms with Crippen LogP contribution < -0.4 is 0 Å². The Bertz CT molecular complexity index is 954. The molecule has 0 saturated carbocycles. The molecule has 0 aliphatic carbocycles. The first-order chi connectivity index (χ1) is 17.5. The number of methoxy groups -OCH3 is 1. The Kier molecular flexibility index (Phi) is 9.39. The summed E-state index contributed by atoms with van der Waals surface area (Å²) in [5.74, 6) is -1.57. The van der Waals surface area contributed by atoms with Crippen molar-refractivity contribution in [3.05, 3.63) is 35.9 Å². The van der Waals surface area contributed by atoms with Gasteiger partial charge in [0, 0.05) is 32.7 Å². The molecule has 2 atom stereocenters. The van der Waals surface area contributed by atoms with Crippen LogP contribution in [0.4, 0.5) is 9.59 Å². The normalized spacial score (nSPS) is 20.7. The van der Waals surface area contributed by atoms with E-state index < -0.39 is 29.6 Å². The van der Waals surface area contributed by atoms with Crippen molar-refractivity contribution in [3.63, 3.8) is 0 Å². The van der Waals surface area contributed by atoms with Gasteiger partial charge in [0.15, 0.2) is 0 Å². The summed E-state index contributed by atoms with van der Waals surface area (Å²) in [6, 6.07) is 8.35. The van der Waals surface area contributed by atoms with Crippen molar-refractivity contribution in [2.45, 2.75) is 70.7 Å². The van der Waals surface area contributed by atoms with Crippen LogP contribution in [0.3, 0.4) is 0 Å². The molecule has 1 aromatic rings. The highest BCUT2D eigenvalue weighted by atomic mass is 16.6. The molecule has 37 heavy (non-hydrogen) atoms. The second-order valence-electron chi connectivity index (χ2n) is 10.6. The molecule has 3 rings (SSSR count).